The van der Waals surface area contributed by atoms with Gasteiger partial charge in [-0.2, -0.15) is 0 Å². The molecule has 25 heavy (non-hydrogen) atoms. The van der Waals surface area contributed by atoms with Crippen LogP contribution in [0.25, 0.3) is 0 Å². The van der Waals surface area contributed by atoms with Crippen LogP contribution >= 0.6 is 0 Å². The van der Waals surface area contributed by atoms with Crippen molar-refractivity contribution in [1.29, 1.82) is 0 Å². The van der Waals surface area contributed by atoms with Crippen molar-refractivity contribution in [3.05, 3.63) is 29.8 Å². The van der Waals surface area contributed by atoms with Crippen LogP contribution in [-0.2, 0) is 11.3 Å². The number of amides is 1. The van der Waals surface area contributed by atoms with Gasteiger partial charge in [0.15, 0.2) is 0 Å². The highest BCUT2D eigenvalue weighted by Gasteiger charge is 2.29. The highest BCUT2D eigenvalue weighted by atomic mass is 16.5. The molecular formula is C19H31N3O3. The molecule has 1 amide bonds. The third-order valence-electron chi connectivity index (χ3n) is 4.85. The Morgan fingerprint density at radius 1 is 1.32 bits per heavy atom. The number of ether oxygens (including phenoxy) is 1. The van der Waals surface area contributed by atoms with Crippen LogP contribution in [0.4, 0.5) is 0 Å². The van der Waals surface area contributed by atoms with Gasteiger partial charge in [-0.25, -0.2) is 0 Å². The summed E-state index contributed by atoms with van der Waals surface area (Å²) in [7, 11) is 1.64. The third-order valence-corrected chi connectivity index (χ3v) is 4.85. The molecule has 1 fully saturated rings. The number of carbonyl (C=O) groups excluding carboxylic acids is 1. The second-order valence-electron chi connectivity index (χ2n) is 6.93. The van der Waals surface area contributed by atoms with Gasteiger partial charge in [-0.1, -0.05) is 12.1 Å². The van der Waals surface area contributed by atoms with E-state index in [1.54, 1.807) is 7.11 Å². The first-order valence-corrected chi connectivity index (χ1v) is 8.97. The maximum atomic E-state index is 12.5. The van der Waals surface area contributed by atoms with Gasteiger partial charge < -0.3 is 15.2 Å². The number of rotatable bonds is 7. The fraction of sp³-hybridized carbons (Fsp3) is 0.632. The molecule has 1 aromatic rings. The van der Waals surface area contributed by atoms with E-state index in [0.29, 0.717) is 19.1 Å². The summed E-state index contributed by atoms with van der Waals surface area (Å²) < 4.78 is 5.14. The summed E-state index contributed by atoms with van der Waals surface area (Å²) in [5.41, 5.74) is 1.05. The SMILES string of the molecule is COc1ccc(CNC(=O)[C@H](C)N2CCN(C[C@@H](C)O)[C@H](C)C2)cc1. The van der Waals surface area contributed by atoms with Gasteiger partial charge in [0.25, 0.3) is 0 Å². The van der Waals surface area contributed by atoms with E-state index in [2.05, 4.69) is 22.0 Å². The van der Waals surface area contributed by atoms with E-state index in [1.807, 2.05) is 38.1 Å². The summed E-state index contributed by atoms with van der Waals surface area (Å²) in [6, 6.07) is 7.89. The van der Waals surface area contributed by atoms with Crippen molar-refractivity contribution in [2.45, 2.75) is 45.5 Å². The molecular weight excluding hydrogens is 318 g/mol. The maximum absolute atomic E-state index is 12.5. The van der Waals surface area contributed by atoms with E-state index >= 15 is 0 Å². The molecule has 0 saturated carbocycles. The number of methoxy groups -OCH3 is 1. The predicted molar refractivity (Wildman–Crippen MR) is 98.6 cm³/mol. The molecule has 0 aromatic heterocycles. The number of carbonyl (C=O) groups is 1. The summed E-state index contributed by atoms with van der Waals surface area (Å²) >= 11 is 0. The first-order valence-electron chi connectivity index (χ1n) is 8.97. The lowest BCUT2D eigenvalue weighted by Crippen LogP contribution is -2.58. The molecule has 0 radical (unpaired) electrons. The van der Waals surface area contributed by atoms with E-state index in [0.717, 1.165) is 30.9 Å². The van der Waals surface area contributed by atoms with E-state index < -0.39 is 0 Å². The topological polar surface area (TPSA) is 65.0 Å². The number of nitrogens with zero attached hydrogens (tertiary/aromatic N) is 2. The molecule has 0 spiro atoms. The van der Waals surface area contributed by atoms with Crippen molar-refractivity contribution in [2.75, 3.05) is 33.3 Å². The van der Waals surface area contributed by atoms with Crippen molar-refractivity contribution >= 4 is 5.91 Å². The van der Waals surface area contributed by atoms with Gasteiger partial charge in [0.05, 0.1) is 19.3 Å². The van der Waals surface area contributed by atoms with Crippen molar-refractivity contribution in [3.63, 3.8) is 0 Å². The van der Waals surface area contributed by atoms with Gasteiger partial charge in [-0.05, 0) is 38.5 Å². The van der Waals surface area contributed by atoms with Gasteiger partial charge >= 0.3 is 0 Å². The Balaban J connectivity index is 1.81. The average molecular weight is 349 g/mol. The molecule has 0 unspecified atom stereocenters. The minimum atomic E-state index is -0.320. The molecule has 2 rings (SSSR count). The van der Waals surface area contributed by atoms with Gasteiger partial charge in [0, 0.05) is 38.8 Å². The zero-order chi connectivity index (χ0) is 18.4. The summed E-state index contributed by atoms with van der Waals surface area (Å²) in [6.07, 6.45) is -0.320. The van der Waals surface area contributed by atoms with Crippen molar-refractivity contribution < 1.29 is 14.6 Å². The van der Waals surface area contributed by atoms with E-state index in [4.69, 9.17) is 4.74 Å². The number of nitrogens with one attached hydrogen (secondary N) is 1. The zero-order valence-corrected chi connectivity index (χ0v) is 15.7. The molecule has 3 atom stereocenters. The Hall–Kier alpha value is -1.63. The average Bonchev–Trinajstić information content (AvgIpc) is 2.60. The van der Waals surface area contributed by atoms with Gasteiger partial charge in [0.1, 0.15) is 5.75 Å². The number of β-amino-alcohol motifs (C(OH)–C–C–N with tert-alkyl or cyclic N) is 1. The normalized spacial score (nSPS) is 21.6. The van der Waals surface area contributed by atoms with Crippen LogP contribution in [0.1, 0.15) is 26.3 Å². The molecule has 1 aliphatic heterocycles. The minimum absolute atomic E-state index is 0.0481. The lowest BCUT2D eigenvalue weighted by Gasteiger charge is -2.42. The van der Waals surface area contributed by atoms with Crippen LogP contribution in [0.3, 0.4) is 0 Å². The summed E-state index contributed by atoms with van der Waals surface area (Å²) in [5, 5.41) is 12.6. The first-order chi connectivity index (χ1) is 11.9. The smallest absolute Gasteiger partial charge is 0.237 e. The quantitative estimate of drug-likeness (QED) is 0.771. The zero-order valence-electron chi connectivity index (χ0n) is 15.7. The Bertz CT molecular complexity index is 547. The van der Waals surface area contributed by atoms with Gasteiger partial charge in [-0.3, -0.25) is 14.6 Å². The Morgan fingerprint density at radius 2 is 2.00 bits per heavy atom. The largest absolute Gasteiger partial charge is 0.497 e. The fourth-order valence-corrected chi connectivity index (χ4v) is 3.23. The van der Waals surface area contributed by atoms with Crippen molar-refractivity contribution in [1.82, 2.24) is 15.1 Å². The predicted octanol–water partition coefficient (Wildman–Crippen LogP) is 1.09. The van der Waals surface area contributed by atoms with Gasteiger partial charge in [-0.15, -0.1) is 0 Å². The van der Waals surface area contributed by atoms with Crippen molar-refractivity contribution in [3.8, 4) is 5.75 Å². The Labute approximate surface area is 150 Å². The lowest BCUT2D eigenvalue weighted by molar-refractivity contribution is -0.127. The van der Waals surface area contributed by atoms with Crippen LogP contribution in [0, 0.1) is 0 Å². The standard InChI is InChI=1S/C19H31N3O3/c1-14-12-22(10-9-21(14)13-15(2)23)16(3)19(24)20-11-17-5-7-18(25-4)8-6-17/h5-8,14-16,23H,9-13H2,1-4H3,(H,20,24)/t14-,15-,16+/m1/s1. The Morgan fingerprint density at radius 3 is 2.56 bits per heavy atom. The van der Waals surface area contributed by atoms with Crippen LogP contribution in [0.15, 0.2) is 24.3 Å². The Kier molecular flexibility index (Phi) is 7.23. The highest BCUT2D eigenvalue weighted by molar-refractivity contribution is 5.81. The third kappa shape index (κ3) is 5.70. The van der Waals surface area contributed by atoms with Crippen LogP contribution in [-0.4, -0.2) is 72.3 Å². The number of hydrogen-bond acceptors (Lipinski definition) is 5. The molecule has 1 saturated heterocycles. The number of benzene rings is 1. The van der Waals surface area contributed by atoms with Gasteiger partial charge in [0.2, 0.25) is 5.91 Å². The molecule has 0 aliphatic carbocycles. The van der Waals surface area contributed by atoms with Crippen LogP contribution in [0.2, 0.25) is 0 Å². The monoisotopic (exact) mass is 349 g/mol. The second kappa shape index (κ2) is 9.17. The van der Waals surface area contributed by atoms with Crippen LogP contribution in [0.5, 0.6) is 5.75 Å². The minimum Gasteiger partial charge on any atom is -0.497 e. The summed E-state index contributed by atoms with van der Waals surface area (Å²) in [6.45, 7) is 9.68. The second-order valence-corrected chi connectivity index (χ2v) is 6.93. The number of aliphatic hydroxyl groups is 1. The molecule has 1 aromatic carbocycles. The molecule has 0 bridgehead atoms. The van der Waals surface area contributed by atoms with E-state index in [9.17, 15) is 9.90 Å². The molecule has 2 N–H and O–H groups in total. The molecule has 1 aliphatic rings. The highest BCUT2D eigenvalue weighted by Crippen LogP contribution is 2.14. The molecule has 6 nitrogen and oxygen atoms in total. The summed E-state index contributed by atoms with van der Waals surface area (Å²) in [5.74, 6) is 0.861. The number of aliphatic hydroxyl groups excluding tert-OH is 1. The van der Waals surface area contributed by atoms with E-state index in [-0.39, 0.29) is 18.1 Å². The van der Waals surface area contributed by atoms with E-state index in [1.165, 1.54) is 0 Å². The summed E-state index contributed by atoms with van der Waals surface area (Å²) in [4.78, 5) is 17.0. The maximum Gasteiger partial charge on any atom is 0.237 e. The number of piperazine rings is 1. The first kappa shape index (κ1) is 19.7. The van der Waals surface area contributed by atoms with Crippen LogP contribution < -0.4 is 10.1 Å². The molecule has 1 heterocycles. The molecule has 6 heteroatoms. The fourth-order valence-electron chi connectivity index (χ4n) is 3.23. The number of hydrogen-bond donors (Lipinski definition) is 2. The van der Waals surface area contributed by atoms with Crippen molar-refractivity contribution in [2.24, 2.45) is 0 Å². The molecule has 140 valence electrons. The lowest BCUT2D eigenvalue weighted by atomic mass is 10.1.